The number of aliphatic carboxylic acids is 1. The molecule has 0 aromatic carbocycles. The zero-order valence-electron chi connectivity index (χ0n) is 10.8. The molecule has 1 saturated heterocycles. The first-order valence-electron chi connectivity index (χ1n) is 6.30. The number of hydrogen-bond donors (Lipinski definition) is 2. The average molecular weight is 263 g/mol. The number of pyridine rings is 1. The van der Waals surface area contributed by atoms with E-state index in [4.69, 9.17) is 5.11 Å². The summed E-state index contributed by atoms with van der Waals surface area (Å²) in [5.74, 6) is -0.947. The maximum absolute atomic E-state index is 12.2. The molecule has 1 aliphatic heterocycles. The number of urea groups is 1. The summed E-state index contributed by atoms with van der Waals surface area (Å²) in [4.78, 5) is 28.6. The second-order valence-electron chi connectivity index (χ2n) is 4.66. The minimum atomic E-state index is -0.947. The second-order valence-corrected chi connectivity index (χ2v) is 4.66. The van der Waals surface area contributed by atoms with Crippen LogP contribution in [0.1, 0.15) is 24.8 Å². The van der Waals surface area contributed by atoms with Crippen LogP contribution >= 0.6 is 0 Å². The third-order valence-corrected chi connectivity index (χ3v) is 3.33. The van der Waals surface area contributed by atoms with E-state index < -0.39 is 12.0 Å². The normalized spacial score (nSPS) is 19.0. The molecule has 2 amide bonds. The van der Waals surface area contributed by atoms with E-state index in [1.54, 1.807) is 18.5 Å². The van der Waals surface area contributed by atoms with Crippen LogP contribution < -0.4 is 5.32 Å². The summed E-state index contributed by atoms with van der Waals surface area (Å²) >= 11 is 0. The van der Waals surface area contributed by atoms with Crippen molar-refractivity contribution in [3.63, 3.8) is 0 Å². The second kappa shape index (κ2) is 5.69. The maximum Gasteiger partial charge on any atom is 0.326 e. The molecule has 1 fully saturated rings. The topological polar surface area (TPSA) is 82.5 Å². The van der Waals surface area contributed by atoms with Crippen molar-refractivity contribution >= 4 is 17.7 Å². The summed E-state index contributed by atoms with van der Waals surface area (Å²) in [6, 6.07) is 0.689. The van der Waals surface area contributed by atoms with E-state index in [0.717, 1.165) is 18.4 Å². The molecule has 102 valence electrons. The Labute approximate surface area is 111 Å². The summed E-state index contributed by atoms with van der Waals surface area (Å²) in [5, 5.41) is 11.9. The summed E-state index contributed by atoms with van der Waals surface area (Å²) in [7, 11) is 0. The van der Waals surface area contributed by atoms with E-state index in [9.17, 15) is 9.59 Å². The highest BCUT2D eigenvalue weighted by atomic mass is 16.4. The van der Waals surface area contributed by atoms with E-state index in [-0.39, 0.29) is 6.03 Å². The number of carboxylic acids is 1. The summed E-state index contributed by atoms with van der Waals surface area (Å²) in [6.45, 7) is 2.34. The number of carbonyl (C=O) groups excluding carboxylic acids is 1. The molecule has 0 spiro atoms. The molecule has 0 saturated carbocycles. The number of hydrogen-bond acceptors (Lipinski definition) is 3. The van der Waals surface area contributed by atoms with Crippen molar-refractivity contribution in [3.05, 3.63) is 24.0 Å². The van der Waals surface area contributed by atoms with Crippen molar-refractivity contribution in [2.24, 2.45) is 0 Å². The number of anilines is 1. The Kier molecular flexibility index (Phi) is 3.99. The lowest BCUT2D eigenvalue weighted by Gasteiger charge is -2.32. The molecule has 6 nitrogen and oxygen atoms in total. The highest BCUT2D eigenvalue weighted by molar-refractivity contribution is 5.92. The van der Waals surface area contributed by atoms with Gasteiger partial charge in [-0.2, -0.15) is 0 Å². The molecule has 0 bridgehead atoms. The summed E-state index contributed by atoms with van der Waals surface area (Å²) < 4.78 is 0. The van der Waals surface area contributed by atoms with Crippen molar-refractivity contribution in [2.75, 3.05) is 11.9 Å². The minimum absolute atomic E-state index is 0.372. The van der Waals surface area contributed by atoms with Gasteiger partial charge in [-0.15, -0.1) is 0 Å². The van der Waals surface area contributed by atoms with E-state index in [0.29, 0.717) is 18.7 Å². The van der Waals surface area contributed by atoms with Crippen LogP contribution in [-0.4, -0.2) is 39.6 Å². The molecule has 1 aliphatic rings. The molecule has 19 heavy (non-hydrogen) atoms. The number of rotatable bonds is 2. The third kappa shape index (κ3) is 3.01. The lowest BCUT2D eigenvalue weighted by molar-refractivity contribution is -0.143. The van der Waals surface area contributed by atoms with Crippen LogP contribution in [0.15, 0.2) is 18.5 Å². The summed E-state index contributed by atoms with van der Waals surface area (Å²) in [5.41, 5.74) is 1.51. The fraction of sp³-hybridized carbons (Fsp3) is 0.462. The van der Waals surface area contributed by atoms with E-state index >= 15 is 0 Å². The maximum atomic E-state index is 12.2. The van der Waals surface area contributed by atoms with Crippen molar-refractivity contribution in [1.29, 1.82) is 0 Å². The standard InChI is InChI=1S/C13H17N3O3/c1-9-5-6-14-8-10(9)15-13(19)16-7-3-2-4-11(16)12(17)18/h5-6,8,11H,2-4,7H2,1H3,(H,15,19)(H,17,18). The Bertz CT molecular complexity index is 490. The fourth-order valence-electron chi connectivity index (χ4n) is 2.21. The van der Waals surface area contributed by atoms with Gasteiger partial charge in [0.1, 0.15) is 6.04 Å². The van der Waals surface area contributed by atoms with Gasteiger partial charge in [0.25, 0.3) is 0 Å². The van der Waals surface area contributed by atoms with Crippen molar-refractivity contribution < 1.29 is 14.7 Å². The number of carbonyl (C=O) groups is 2. The minimum Gasteiger partial charge on any atom is -0.480 e. The van der Waals surface area contributed by atoms with Crippen LogP contribution in [0.2, 0.25) is 0 Å². The molecule has 1 unspecified atom stereocenters. The van der Waals surface area contributed by atoms with E-state index in [2.05, 4.69) is 10.3 Å². The molecular formula is C13H17N3O3. The number of nitrogens with zero attached hydrogens (tertiary/aromatic N) is 2. The number of nitrogens with one attached hydrogen (secondary N) is 1. The van der Waals surface area contributed by atoms with Crippen molar-refractivity contribution in [1.82, 2.24) is 9.88 Å². The molecule has 1 atom stereocenters. The first kappa shape index (κ1) is 13.3. The summed E-state index contributed by atoms with van der Waals surface area (Å²) in [6.07, 6.45) is 5.39. The predicted molar refractivity (Wildman–Crippen MR) is 70.0 cm³/mol. The van der Waals surface area contributed by atoms with Gasteiger partial charge in [0.2, 0.25) is 0 Å². The molecule has 0 radical (unpaired) electrons. The highest BCUT2D eigenvalue weighted by Gasteiger charge is 2.32. The first-order valence-corrected chi connectivity index (χ1v) is 6.30. The van der Waals surface area contributed by atoms with Crippen LogP contribution in [-0.2, 0) is 4.79 Å². The molecular weight excluding hydrogens is 246 g/mol. The molecule has 2 rings (SSSR count). The zero-order chi connectivity index (χ0) is 13.8. The number of aryl methyl sites for hydroxylation is 1. The largest absolute Gasteiger partial charge is 0.480 e. The smallest absolute Gasteiger partial charge is 0.326 e. The Balaban J connectivity index is 2.10. The van der Waals surface area contributed by atoms with Gasteiger partial charge < -0.3 is 15.3 Å². The van der Waals surface area contributed by atoms with Crippen molar-refractivity contribution in [2.45, 2.75) is 32.2 Å². The zero-order valence-corrected chi connectivity index (χ0v) is 10.8. The highest BCUT2D eigenvalue weighted by Crippen LogP contribution is 2.19. The number of likely N-dealkylation sites (tertiary alicyclic amines) is 1. The van der Waals surface area contributed by atoms with Crippen LogP contribution in [0.3, 0.4) is 0 Å². The molecule has 1 aromatic heterocycles. The van der Waals surface area contributed by atoms with Gasteiger partial charge in [0.05, 0.1) is 11.9 Å². The van der Waals surface area contributed by atoms with Gasteiger partial charge in [-0.25, -0.2) is 9.59 Å². The number of carboxylic acid groups (broad SMARTS) is 1. The van der Waals surface area contributed by atoms with Crippen molar-refractivity contribution in [3.8, 4) is 0 Å². The molecule has 0 aliphatic carbocycles. The predicted octanol–water partition coefficient (Wildman–Crippen LogP) is 1.86. The van der Waals surface area contributed by atoms with E-state index in [1.165, 1.54) is 4.90 Å². The van der Waals surface area contributed by atoms with Crippen LogP contribution in [0.25, 0.3) is 0 Å². The SMILES string of the molecule is Cc1ccncc1NC(=O)N1CCCCC1C(=O)O. The molecule has 6 heteroatoms. The van der Waals surface area contributed by atoms with Gasteiger partial charge in [0.15, 0.2) is 0 Å². The first-order chi connectivity index (χ1) is 9.09. The lowest BCUT2D eigenvalue weighted by atomic mass is 10.0. The number of piperidine rings is 1. The van der Waals surface area contributed by atoms with Crippen LogP contribution in [0.5, 0.6) is 0 Å². The van der Waals surface area contributed by atoms with E-state index in [1.807, 2.05) is 6.92 Å². The van der Waals surface area contributed by atoms with Crippen LogP contribution in [0, 0.1) is 6.92 Å². The quantitative estimate of drug-likeness (QED) is 0.853. The Hall–Kier alpha value is -2.11. The Morgan fingerprint density at radius 1 is 1.47 bits per heavy atom. The third-order valence-electron chi connectivity index (χ3n) is 3.33. The number of amides is 2. The molecule has 2 heterocycles. The van der Waals surface area contributed by atoms with Gasteiger partial charge >= 0.3 is 12.0 Å². The Morgan fingerprint density at radius 3 is 2.95 bits per heavy atom. The monoisotopic (exact) mass is 263 g/mol. The number of aromatic nitrogens is 1. The lowest BCUT2D eigenvalue weighted by Crippen LogP contribution is -2.49. The van der Waals surface area contributed by atoms with Gasteiger partial charge in [0, 0.05) is 12.7 Å². The molecule has 2 N–H and O–H groups in total. The Morgan fingerprint density at radius 2 is 2.26 bits per heavy atom. The average Bonchev–Trinajstić information content (AvgIpc) is 2.41. The fourth-order valence-corrected chi connectivity index (χ4v) is 2.21. The van der Waals surface area contributed by atoms with Gasteiger partial charge in [-0.3, -0.25) is 4.98 Å². The molecule has 1 aromatic rings. The van der Waals surface area contributed by atoms with Gasteiger partial charge in [-0.1, -0.05) is 0 Å². The van der Waals surface area contributed by atoms with Gasteiger partial charge in [-0.05, 0) is 37.8 Å². The van der Waals surface area contributed by atoms with Crippen LogP contribution in [0.4, 0.5) is 10.5 Å².